The van der Waals surface area contributed by atoms with Gasteiger partial charge in [0, 0.05) is 6.42 Å². The van der Waals surface area contributed by atoms with E-state index in [0.717, 1.165) is 21.4 Å². The van der Waals surface area contributed by atoms with Gasteiger partial charge in [-0.15, -0.1) is 0 Å². The molecule has 2 heterocycles. The van der Waals surface area contributed by atoms with Crippen LogP contribution >= 0.6 is 34.5 Å². The molecule has 0 unspecified atom stereocenters. The third-order valence-electron chi connectivity index (χ3n) is 4.51. The van der Waals surface area contributed by atoms with Crippen molar-refractivity contribution in [3.05, 3.63) is 88.5 Å². The molecule has 4 aromatic rings. The Hall–Kier alpha value is -2.94. The molecule has 0 amide bonds. The fourth-order valence-corrected chi connectivity index (χ4v) is 4.20. The van der Waals surface area contributed by atoms with Gasteiger partial charge in [-0.1, -0.05) is 46.7 Å². The molecule has 0 spiro atoms. The molecule has 0 aliphatic rings. The highest BCUT2D eigenvalue weighted by molar-refractivity contribution is 7.15. The standard InChI is InChI=1S/C21H15Cl2N3O4S/c1-29-16-6-4-12(9-17(16)30-2)8-15-19(27)24-21-26(25-15)20(28)18(31-21)10-11-3-5-13(22)14(23)7-11/h3-7,9-10H,8H2,1-2H3/b18-10+. The predicted molar refractivity (Wildman–Crippen MR) is 121 cm³/mol. The molecule has 0 aliphatic carbocycles. The van der Waals surface area contributed by atoms with Crippen LogP contribution in [0.25, 0.3) is 11.0 Å². The van der Waals surface area contributed by atoms with Crippen LogP contribution < -0.4 is 25.1 Å². The Morgan fingerprint density at radius 2 is 1.81 bits per heavy atom. The first-order chi connectivity index (χ1) is 14.9. The Kier molecular flexibility index (Phi) is 5.95. The van der Waals surface area contributed by atoms with E-state index in [2.05, 4.69) is 10.1 Å². The van der Waals surface area contributed by atoms with Crippen LogP contribution in [0.4, 0.5) is 0 Å². The SMILES string of the molecule is COc1ccc(Cc2nn3c(=O)/c(=C\c4ccc(Cl)c(Cl)c4)sc3nc2=O)cc1OC. The lowest BCUT2D eigenvalue weighted by atomic mass is 10.1. The van der Waals surface area contributed by atoms with Crippen LogP contribution in [0, 0.1) is 0 Å². The highest BCUT2D eigenvalue weighted by Gasteiger charge is 2.13. The van der Waals surface area contributed by atoms with Crippen LogP contribution in [0.1, 0.15) is 16.8 Å². The fourth-order valence-electron chi connectivity index (χ4n) is 2.99. The maximum atomic E-state index is 12.8. The summed E-state index contributed by atoms with van der Waals surface area (Å²) in [6.45, 7) is 0. The Morgan fingerprint density at radius 1 is 1.03 bits per heavy atom. The number of hydrogen-bond acceptors (Lipinski definition) is 7. The summed E-state index contributed by atoms with van der Waals surface area (Å²) in [5.41, 5.74) is 0.769. The molecular weight excluding hydrogens is 461 g/mol. The second kappa shape index (κ2) is 8.66. The van der Waals surface area contributed by atoms with E-state index >= 15 is 0 Å². The van der Waals surface area contributed by atoms with Crippen LogP contribution in [0.2, 0.25) is 10.0 Å². The maximum absolute atomic E-state index is 12.8. The number of aromatic nitrogens is 3. The van der Waals surface area contributed by atoms with E-state index in [9.17, 15) is 9.59 Å². The zero-order valence-electron chi connectivity index (χ0n) is 16.4. The molecule has 7 nitrogen and oxygen atoms in total. The minimum Gasteiger partial charge on any atom is -0.493 e. The average Bonchev–Trinajstić information content (AvgIpc) is 3.05. The van der Waals surface area contributed by atoms with Gasteiger partial charge in [0.05, 0.1) is 28.8 Å². The van der Waals surface area contributed by atoms with Crippen molar-refractivity contribution in [1.82, 2.24) is 14.6 Å². The van der Waals surface area contributed by atoms with Gasteiger partial charge >= 0.3 is 0 Å². The lowest BCUT2D eigenvalue weighted by Gasteiger charge is -2.09. The van der Waals surface area contributed by atoms with Gasteiger partial charge in [0.25, 0.3) is 11.1 Å². The number of thiazole rings is 1. The van der Waals surface area contributed by atoms with Gasteiger partial charge in [-0.2, -0.15) is 14.6 Å². The number of rotatable bonds is 5. The van der Waals surface area contributed by atoms with Gasteiger partial charge in [-0.25, -0.2) is 0 Å². The summed E-state index contributed by atoms with van der Waals surface area (Å²) < 4.78 is 12.0. The molecule has 2 aromatic heterocycles. The number of hydrogen-bond donors (Lipinski definition) is 0. The Labute approximate surface area is 190 Å². The van der Waals surface area contributed by atoms with Gasteiger partial charge in [-0.3, -0.25) is 9.59 Å². The van der Waals surface area contributed by atoms with E-state index < -0.39 is 5.56 Å². The summed E-state index contributed by atoms with van der Waals surface area (Å²) in [6.07, 6.45) is 1.85. The van der Waals surface area contributed by atoms with Crippen molar-refractivity contribution in [2.45, 2.75) is 6.42 Å². The van der Waals surface area contributed by atoms with Gasteiger partial charge in [0.2, 0.25) is 4.96 Å². The number of ether oxygens (including phenoxy) is 2. The lowest BCUT2D eigenvalue weighted by Crippen LogP contribution is -2.28. The van der Waals surface area contributed by atoms with Crippen molar-refractivity contribution in [2.75, 3.05) is 14.2 Å². The van der Waals surface area contributed by atoms with Gasteiger partial charge < -0.3 is 9.47 Å². The molecule has 0 atom stereocenters. The first-order valence-corrected chi connectivity index (χ1v) is 10.6. The van der Waals surface area contributed by atoms with Gasteiger partial charge in [0.1, 0.15) is 5.69 Å². The van der Waals surface area contributed by atoms with E-state index in [-0.39, 0.29) is 22.6 Å². The minimum atomic E-state index is -0.489. The van der Waals surface area contributed by atoms with E-state index in [1.54, 1.807) is 49.6 Å². The minimum absolute atomic E-state index is 0.153. The maximum Gasteiger partial charge on any atom is 0.296 e. The number of nitrogens with zero attached hydrogens (tertiary/aromatic N) is 3. The number of fused-ring (bicyclic) bond motifs is 1. The first kappa shape index (κ1) is 21.3. The van der Waals surface area contributed by atoms with Crippen molar-refractivity contribution in [1.29, 1.82) is 0 Å². The predicted octanol–water partition coefficient (Wildman–Crippen LogP) is 2.97. The van der Waals surface area contributed by atoms with Gasteiger partial charge in [0.15, 0.2) is 11.5 Å². The molecule has 0 aliphatic heterocycles. The lowest BCUT2D eigenvalue weighted by molar-refractivity contribution is 0.354. The van der Waals surface area contributed by atoms with Crippen LogP contribution in [0.3, 0.4) is 0 Å². The monoisotopic (exact) mass is 475 g/mol. The van der Waals surface area contributed by atoms with Gasteiger partial charge in [-0.05, 0) is 41.5 Å². The fraction of sp³-hybridized carbons (Fsp3) is 0.143. The molecule has 0 fully saturated rings. The van der Waals surface area contributed by atoms with Crippen LogP contribution in [-0.2, 0) is 6.42 Å². The summed E-state index contributed by atoms with van der Waals surface area (Å²) in [7, 11) is 3.07. The number of benzene rings is 2. The van der Waals surface area contributed by atoms with E-state index in [1.807, 2.05) is 0 Å². The van der Waals surface area contributed by atoms with Crippen LogP contribution in [0.5, 0.6) is 11.5 Å². The third kappa shape index (κ3) is 4.27. The molecule has 0 saturated carbocycles. The zero-order chi connectivity index (χ0) is 22.1. The molecule has 10 heteroatoms. The molecule has 0 radical (unpaired) electrons. The Bertz CT molecular complexity index is 1470. The summed E-state index contributed by atoms with van der Waals surface area (Å²) >= 11 is 13.1. The van der Waals surface area contributed by atoms with E-state index in [0.29, 0.717) is 31.6 Å². The normalized spacial score (nSPS) is 11.8. The Balaban J connectivity index is 1.76. The second-order valence-electron chi connectivity index (χ2n) is 6.51. The third-order valence-corrected chi connectivity index (χ3v) is 6.21. The van der Waals surface area contributed by atoms with Crippen LogP contribution in [0.15, 0.2) is 46.0 Å². The summed E-state index contributed by atoms with van der Waals surface area (Å²) in [6, 6.07) is 10.3. The smallest absolute Gasteiger partial charge is 0.296 e. The highest BCUT2D eigenvalue weighted by atomic mass is 35.5. The van der Waals surface area contributed by atoms with Crippen molar-refractivity contribution in [3.63, 3.8) is 0 Å². The molecule has 4 rings (SSSR count). The zero-order valence-corrected chi connectivity index (χ0v) is 18.7. The van der Waals surface area contributed by atoms with Crippen molar-refractivity contribution in [2.24, 2.45) is 0 Å². The van der Waals surface area contributed by atoms with Crippen molar-refractivity contribution >= 4 is 45.6 Å². The summed E-state index contributed by atoms with van der Waals surface area (Å²) in [5, 5.41) is 5.07. The number of halogens is 2. The topological polar surface area (TPSA) is 82.8 Å². The van der Waals surface area contributed by atoms with Crippen LogP contribution in [-0.4, -0.2) is 28.8 Å². The number of methoxy groups -OCH3 is 2. The summed E-state index contributed by atoms with van der Waals surface area (Å²) in [4.78, 5) is 29.6. The molecule has 31 heavy (non-hydrogen) atoms. The second-order valence-corrected chi connectivity index (χ2v) is 8.34. The van der Waals surface area contributed by atoms with Crippen molar-refractivity contribution in [3.8, 4) is 11.5 Å². The van der Waals surface area contributed by atoms with E-state index in [1.165, 1.54) is 7.11 Å². The molecule has 158 valence electrons. The molecule has 0 bridgehead atoms. The summed E-state index contributed by atoms with van der Waals surface area (Å²) in [5.74, 6) is 1.11. The Morgan fingerprint density at radius 3 is 2.52 bits per heavy atom. The van der Waals surface area contributed by atoms with Crippen molar-refractivity contribution < 1.29 is 9.47 Å². The highest BCUT2D eigenvalue weighted by Crippen LogP contribution is 2.28. The quantitative estimate of drug-likeness (QED) is 0.441. The van der Waals surface area contributed by atoms with E-state index in [4.69, 9.17) is 32.7 Å². The molecule has 0 saturated heterocycles. The first-order valence-electron chi connectivity index (χ1n) is 9.00. The molecule has 2 aromatic carbocycles. The molecular formula is C21H15Cl2N3O4S. The average molecular weight is 476 g/mol. The largest absolute Gasteiger partial charge is 0.493 e. The molecule has 0 N–H and O–H groups in total.